The Hall–Kier alpha value is -2.64. The fraction of sp³-hybridized carbons (Fsp3) is 0.286. The van der Waals surface area contributed by atoms with Crippen molar-refractivity contribution in [2.75, 3.05) is 0 Å². The van der Waals surface area contributed by atoms with Gasteiger partial charge in [0.1, 0.15) is 5.75 Å². The number of carbonyl (C=O) groups excluding carboxylic acids is 1. The van der Waals surface area contributed by atoms with Crippen molar-refractivity contribution < 1.29 is 22.8 Å². The molecule has 6 nitrogen and oxygen atoms in total. The van der Waals surface area contributed by atoms with Crippen LogP contribution in [0.3, 0.4) is 0 Å². The lowest BCUT2D eigenvalue weighted by atomic mass is 10.1. The number of benzene rings is 2. The third-order valence-corrected chi connectivity index (χ3v) is 5.66. The van der Waals surface area contributed by atoms with E-state index in [2.05, 4.69) is 0 Å². The van der Waals surface area contributed by atoms with Crippen molar-refractivity contribution in [3.8, 4) is 5.75 Å². The molecule has 0 aliphatic rings. The van der Waals surface area contributed by atoms with Crippen LogP contribution in [0, 0.1) is 0 Å². The molecule has 1 unspecified atom stereocenters. The molecule has 0 radical (unpaired) electrons. The molecule has 0 fully saturated rings. The van der Waals surface area contributed by atoms with Gasteiger partial charge in [-0.15, -0.1) is 0 Å². The lowest BCUT2D eigenvalue weighted by molar-refractivity contribution is -0.0696. The van der Waals surface area contributed by atoms with Gasteiger partial charge in [0.25, 0.3) is 10.0 Å². The maximum atomic E-state index is 13.0. The van der Waals surface area contributed by atoms with Gasteiger partial charge >= 0.3 is 6.16 Å². The van der Waals surface area contributed by atoms with Crippen LogP contribution in [0.4, 0.5) is 4.79 Å². The number of ether oxygens (including phenoxy) is 1. The topological polar surface area (TPSA) is 72.9 Å². The van der Waals surface area contributed by atoms with Gasteiger partial charge in [-0.2, -0.15) is 0 Å². The summed E-state index contributed by atoms with van der Waals surface area (Å²) in [7, 11) is -4.05. The molecule has 0 N–H and O–H groups in total. The maximum absolute atomic E-state index is 13.0. The fourth-order valence-electron chi connectivity index (χ4n) is 2.47. The smallest absolute Gasteiger partial charge is 0.394 e. The molecule has 0 aromatic heterocycles. The third-order valence-electron chi connectivity index (χ3n) is 3.88. The largest absolute Gasteiger partial charge is 0.534 e. The number of para-hydroxylation sites is 1. The third kappa shape index (κ3) is 6.21. The summed E-state index contributed by atoms with van der Waals surface area (Å²) in [6, 6.07) is 15.6. The summed E-state index contributed by atoms with van der Waals surface area (Å²) in [6.07, 6.45) is 2.03. The van der Waals surface area contributed by atoms with Gasteiger partial charge in [0.2, 0.25) is 0 Å². The average Bonchev–Trinajstić information content (AvgIpc) is 2.67. The van der Waals surface area contributed by atoms with E-state index in [1.807, 2.05) is 19.9 Å². The number of hydroxylamine groups is 1. The molecule has 150 valence electrons. The highest BCUT2D eigenvalue weighted by Gasteiger charge is 2.33. The van der Waals surface area contributed by atoms with Crippen LogP contribution in [-0.2, 0) is 14.9 Å². The van der Waals surface area contributed by atoms with Gasteiger partial charge in [0.15, 0.2) is 0 Å². The average molecular weight is 404 g/mol. The fourth-order valence-corrected chi connectivity index (χ4v) is 3.91. The van der Waals surface area contributed by atoms with Crippen molar-refractivity contribution in [2.24, 2.45) is 0 Å². The standard InChI is InChI=1S/C21H25NO5S/c1-17(2)11-10-12-18(3)22(28(24,25)20-15-8-5-9-16-20)27-21(23)26-19-13-6-4-7-14-19/h4-9,11,13-16,18H,10,12H2,1-3H3. The predicted octanol–water partition coefficient (Wildman–Crippen LogP) is 4.94. The van der Waals surface area contributed by atoms with Gasteiger partial charge in [-0.3, -0.25) is 0 Å². The van der Waals surface area contributed by atoms with Crippen LogP contribution in [-0.4, -0.2) is 25.1 Å². The van der Waals surface area contributed by atoms with Crippen molar-refractivity contribution in [1.29, 1.82) is 0 Å². The highest BCUT2D eigenvalue weighted by Crippen LogP contribution is 2.22. The summed E-state index contributed by atoms with van der Waals surface area (Å²) in [5, 5.41) is 0. The summed E-state index contributed by atoms with van der Waals surface area (Å²) < 4.78 is 31.9. The first kappa shape index (κ1) is 21.7. The van der Waals surface area contributed by atoms with Crippen LogP contribution in [0.15, 0.2) is 77.2 Å². The number of carbonyl (C=O) groups is 1. The first-order valence-corrected chi connectivity index (χ1v) is 10.4. The zero-order chi connectivity index (χ0) is 20.6. The van der Waals surface area contributed by atoms with Gasteiger partial charge in [-0.05, 0) is 62.3 Å². The lowest BCUT2D eigenvalue weighted by Crippen LogP contribution is -2.41. The number of hydrogen-bond donors (Lipinski definition) is 0. The van der Waals surface area contributed by atoms with Crippen LogP contribution < -0.4 is 4.74 Å². The number of rotatable bonds is 8. The number of hydrogen-bond acceptors (Lipinski definition) is 5. The molecule has 2 aromatic rings. The van der Waals surface area contributed by atoms with Crippen molar-refractivity contribution in [3.05, 3.63) is 72.3 Å². The summed E-state index contributed by atoms with van der Waals surface area (Å²) in [5.74, 6) is 0.266. The monoisotopic (exact) mass is 403 g/mol. The highest BCUT2D eigenvalue weighted by atomic mass is 32.2. The highest BCUT2D eigenvalue weighted by molar-refractivity contribution is 7.89. The molecule has 2 rings (SSSR count). The van der Waals surface area contributed by atoms with E-state index in [-0.39, 0.29) is 10.6 Å². The van der Waals surface area contributed by atoms with Crippen LogP contribution in [0.5, 0.6) is 5.75 Å². The Kier molecular flexibility index (Phi) is 7.78. The molecule has 1 atom stereocenters. The molecule has 2 aromatic carbocycles. The Morgan fingerprint density at radius 2 is 1.61 bits per heavy atom. The zero-order valence-electron chi connectivity index (χ0n) is 16.2. The molecule has 28 heavy (non-hydrogen) atoms. The van der Waals surface area contributed by atoms with Crippen molar-refractivity contribution in [1.82, 2.24) is 4.47 Å². The molecule has 7 heteroatoms. The molecule has 0 saturated heterocycles. The van der Waals surface area contributed by atoms with Gasteiger partial charge in [-0.25, -0.2) is 13.2 Å². The molecule has 0 aliphatic heterocycles. The minimum Gasteiger partial charge on any atom is -0.394 e. The van der Waals surface area contributed by atoms with E-state index >= 15 is 0 Å². The van der Waals surface area contributed by atoms with Crippen molar-refractivity contribution in [2.45, 2.75) is 44.6 Å². The van der Waals surface area contributed by atoms with E-state index in [1.165, 1.54) is 12.1 Å². The molecule has 0 bridgehead atoms. The minimum absolute atomic E-state index is 0.0385. The van der Waals surface area contributed by atoms with Crippen LogP contribution in [0.1, 0.15) is 33.6 Å². The molecule has 0 saturated carbocycles. The van der Waals surface area contributed by atoms with E-state index in [1.54, 1.807) is 55.5 Å². The van der Waals surface area contributed by atoms with E-state index < -0.39 is 22.2 Å². The molecule has 0 amide bonds. The summed E-state index contributed by atoms with van der Waals surface area (Å²) in [5.41, 5.74) is 1.13. The minimum atomic E-state index is -4.05. The van der Waals surface area contributed by atoms with Crippen LogP contribution in [0.2, 0.25) is 0 Å². The first-order valence-electron chi connectivity index (χ1n) is 8.98. The van der Waals surface area contributed by atoms with Gasteiger partial charge in [-0.1, -0.05) is 48.0 Å². The Bertz CT molecular complexity index is 891. The van der Waals surface area contributed by atoms with Gasteiger partial charge in [0.05, 0.1) is 10.9 Å². The van der Waals surface area contributed by atoms with E-state index in [4.69, 9.17) is 9.57 Å². The normalized spacial score (nSPS) is 12.3. The Morgan fingerprint density at radius 3 is 2.18 bits per heavy atom. The zero-order valence-corrected chi connectivity index (χ0v) is 17.1. The second-order valence-corrected chi connectivity index (χ2v) is 8.32. The summed E-state index contributed by atoms with van der Waals surface area (Å²) in [4.78, 5) is 17.4. The van der Waals surface area contributed by atoms with Crippen molar-refractivity contribution >= 4 is 16.2 Å². The van der Waals surface area contributed by atoms with E-state index in [0.717, 1.165) is 10.0 Å². The van der Waals surface area contributed by atoms with Crippen molar-refractivity contribution in [3.63, 3.8) is 0 Å². The predicted molar refractivity (Wildman–Crippen MR) is 107 cm³/mol. The van der Waals surface area contributed by atoms with E-state index in [0.29, 0.717) is 12.8 Å². The van der Waals surface area contributed by atoms with Crippen LogP contribution >= 0.6 is 0 Å². The Labute approximate surface area is 166 Å². The Morgan fingerprint density at radius 1 is 1.04 bits per heavy atom. The lowest BCUT2D eigenvalue weighted by Gasteiger charge is -2.26. The maximum Gasteiger partial charge on any atom is 0.534 e. The molecular weight excluding hydrogens is 378 g/mol. The van der Waals surface area contributed by atoms with Crippen LogP contribution in [0.25, 0.3) is 0 Å². The molecule has 0 aliphatic carbocycles. The SMILES string of the molecule is CC(C)=CCCC(C)N(OC(=O)Oc1ccccc1)S(=O)(=O)c1ccccc1. The van der Waals surface area contributed by atoms with E-state index in [9.17, 15) is 13.2 Å². The number of allylic oxidation sites excluding steroid dienone is 2. The second kappa shape index (κ2) is 10.1. The molecule has 0 spiro atoms. The summed E-state index contributed by atoms with van der Waals surface area (Å²) in [6.45, 7) is 5.63. The van der Waals surface area contributed by atoms with Gasteiger partial charge in [0, 0.05) is 0 Å². The molecular formula is C21H25NO5S. The first-order chi connectivity index (χ1) is 13.3. The molecule has 0 heterocycles. The number of sulfonamides is 1. The summed E-state index contributed by atoms with van der Waals surface area (Å²) >= 11 is 0. The quantitative estimate of drug-likeness (QED) is 0.270. The second-order valence-electron chi connectivity index (χ2n) is 6.54. The number of nitrogens with zero attached hydrogens (tertiary/aromatic N) is 1. The van der Waals surface area contributed by atoms with Gasteiger partial charge < -0.3 is 9.57 Å². The Balaban J connectivity index is 2.22.